The fourth-order valence-electron chi connectivity index (χ4n) is 3.39. The zero-order chi connectivity index (χ0) is 16.7. The number of halogens is 3. The highest BCUT2D eigenvalue weighted by atomic mass is 35.8. The number of aryl methyl sites for hydroxylation is 1. The average molecular weight is 390 g/mol. The summed E-state index contributed by atoms with van der Waals surface area (Å²) in [5.74, 6) is 0. The molecule has 0 nitrogen and oxygen atoms in total. The van der Waals surface area contributed by atoms with Crippen LogP contribution in [0.4, 0.5) is 0 Å². The van der Waals surface area contributed by atoms with Crippen LogP contribution in [0.3, 0.4) is 0 Å². The summed E-state index contributed by atoms with van der Waals surface area (Å²) >= 11 is 18.5. The Morgan fingerprint density at radius 1 is 0.625 bits per heavy atom. The SMILES string of the molecule is Cl[Si](Cl)(Cl)CCc1c2ccccc2cc2cc3ccccc3cc12. The van der Waals surface area contributed by atoms with Gasteiger partial charge in [0.15, 0.2) is 0 Å². The Labute approximate surface area is 156 Å². The van der Waals surface area contributed by atoms with E-state index in [1.54, 1.807) is 0 Å². The number of benzene rings is 4. The van der Waals surface area contributed by atoms with Gasteiger partial charge in [0.05, 0.1) is 0 Å². The van der Waals surface area contributed by atoms with Gasteiger partial charge in [-0.05, 0) is 68.5 Å². The van der Waals surface area contributed by atoms with Crippen LogP contribution in [0.15, 0.2) is 66.7 Å². The van der Waals surface area contributed by atoms with Gasteiger partial charge in [-0.15, -0.1) is 33.2 Å². The second kappa shape index (κ2) is 6.23. The number of hydrogen-bond donors (Lipinski definition) is 0. The maximum absolute atomic E-state index is 6.15. The normalized spacial score (nSPS) is 12.3. The summed E-state index contributed by atoms with van der Waals surface area (Å²) in [7, 11) is 0. The lowest BCUT2D eigenvalue weighted by atomic mass is 9.93. The third-order valence-electron chi connectivity index (χ3n) is 4.50. The Hall–Kier alpha value is -1.25. The molecule has 0 amide bonds. The van der Waals surface area contributed by atoms with Crippen molar-refractivity contribution in [2.24, 2.45) is 0 Å². The van der Waals surface area contributed by atoms with Crippen molar-refractivity contribution in [1.82, 2.24) is 0 Å². The molecule has 0 radical (unpaired) electrons. The molecule has 4 aromatic carbocycles. The first kappa shape index (κ1) is 16.2. The van der Waals surface area contributed by atoms with Gasteiger partial charge in [-0.25, -0.2) is 0 Å². The van der Waals surface area contributed by atoms with E-state index in [4.69, 9.17) is 33.2 Å². The molecule has 0 heterocycles. The Bertz CT molecular complexity index is 1050. The highest BCUT2D eigenvalue weighted by Crippen LogP contribution is 2.35. The van der Waals surface area contributed by atoms with Crippen molar-refractivity contribution in [3.8, 4) is 0 Å². The van der Waals surface area contributed by atoms with Gasteiger partial charge in [-0.2, -0.15) is 0 Å². The monoisotopic (exact) mass is 388 g/mol. The molecule has 0 spiro atoms. The van der Waals surface area contributed by atoms with E-state index in [1.807, 2.05) is 0 Å². The molecule has 0 bridgehead atoms. The van der Waals surface area contributed by atoms with Crippen LogP contribution in [0.5, 0.6) is 0 Å². The van der Waals surface area contributed by atoms with Crippen LogP contribution in [0.25, 0.3) is 32.3 Å². The van der Waals surface area contributed by atoms with E-state index in [1.165, 1.54) is 37.9 Å². The summed E-state index contributed by atoms with van der Waals surface area (Å²) in [5, 5.41) is 7.49. The minimum Gasteiger partial charge on any atom is -0.126 e. The molecule has 4 heteroatoms. The molecule has 0 saturated carbocycles. The fraction of sp³-hybridized carbons (Fsp3) is 0.100. The van der Waals surface area contributed by atoms with E-state index in [0.29, 0.717) is 6.04 Å². The second-order valence-electron chi connectivity index (χ2n) is 6.11. The minimum absolute atomic E-state index is 0.633. The molecule has 4 rings (SSSR count). The second-order valence-corrected chi connectivity index (χ2v) is 15.4. The van der Waals surface area contributed by atoms with E-state index in [9.17, 15) is 0 Å². The third-order valence-corrected chi connectivity index (χ3v) is 7.02. The molecule has 0 fully saturated rings. The average Bonchev–Trinajstić information content (AvgIpc) is 2.56. The van der Waals surface area contributed by atoms with Gasteiger partial charge in [0.1, 0.15) is 0 Å². The molecular weight excluding hydrogens is 375 g/mol. The van der Waals surface area contributed by atoms with Gasteiger partial charge in [-0.1, -0.05) is 48.5 Å². The maximum Gasteiger partial charge on any atom is 0.341 e. The first-order valence-corrected chi connectivity index (χ1v) is 13.2. The maximum atomic E-state index is 6.15. The molecule has 0 atom stereocenters. The van der Waals surface area contributed by atoms with Gasteiger partial charge in [-0.3, -0.25) is 0 Å². The topological polar surface area (TPSA) is 0 Å². The quantitative estimate of drug-likeness (QED) is 0.195. The van der Waals surface area contributed by atoms with E-state index in [2.05, 4.69) is 66.7 Å². The number of rotatable bonds is 3. The van der Waals surface area contributed by atoms with Gasteiger partial charge < -0.3 is 0 Å². The van der Waals surface area contributed by atoms with Crippen molar-refractivity contribution in [3.05, 3.63) is 72.3 Å². The lowest BCUT2D eigenvalue weighted by Gasteiger charge is -2.14. The molecule has 4 aromatic rings. The minimum atomic E-state index is -2.65. The molecule has 0 unspecified atom stereocenters. The lowest BCUT2D eigenvalue weighted by Crippen LogP contribution is -2.10. The van der Waals surface area contributed by atoms with Crippen LogP contribution in [-0.4, -0.2) is 6.00 Å². The van der Waals surface area contributed by atoms with Crippen LogP contribution >= 0.6 is 33.2 Å². The van der Waals surface area contributed by atoms with Crippen LogP contribution in [-0.2, 0) is 6.42 Å². The summed E-state index contributed by atoms with van der Waals surface area (Å²) in [4.78, 5) is 0. The van der Waals surface area contributed by atoms with Crippen LogP contribution in [0.1, 0.15) is 5.56 Å². The van der Waals surface area contributed by atoms with Crippen molar-refractivity contribution in [3.63, 3.8) is 0 Å². The highest BCUT2D eigenvalue weighted by molar-refractivity contribution is 7.64. The predicted molar refractivity (Wildman–Crippen MR) is 111 cm³/mol. The predicted octanol–water partition coefficient (Wildman–Crippen LogP) is 7.34. The zero-order valence-electron chi connectivity index (χ0n) is 12.9. The molecule has 0 aliphatic rings. The smallest absolute Gasteiger partial charge is 0.126 e. The molecule has 120 valence electrons. The van der Waals surface area contributed by atoms with E-state index in [-0.39, 0.29) is 0 Å². The van der Waals surface area contributed by atoms with Crippen molar-refractivity contribution in [2.45, 2.75) is 12.5 Å². The Morgan fingerprint density at radius 2 is 1.21 bits per heavy atom. The zero-order valence-corrected chi connectivity index (χ0v) is 16.2. The van der Waals surface area contributed by atoms with Crippen LogP contribution in [0, 0.1) is 0 Å². The molecular formula is C20H15Cl3Si. The third kappa shape index (κ3) is 3.14. The van der Waals surface area contributed by atoms with E-state index >= 15 is 0 Å². The summed E-state index contributed by atoms with van der Waals surface area (Å²) in [5.41, 5.74) is 1.28. The first-order valence-electron chi connectivity index (χ1n) is 7.91. The van der Waals surface area contributed by atoms with Crippen molar-refractivity contribution in [1.29, 1.82) is 0 Å². The summed E-state index contributed by atoms with van der Waals surface area (Å²) in [6, 6.07) is 21.7. The van der Waals surface area contributed by atoms with E-state index < -0.39 is 6.00 Å². The molecule has 0 aromatic heterocycles. The molecule has 0 aliphatic carbocycles. The van der Waals surface area contributed by atoms with Gasteiger partial charge in [0, 0.05) is 0 Å². The Morgan fingerprint density at radius 3 is 1.92 bits per heavy atom. The van der Waals surface area contributed by atoms with Crippen LogP contribution < -0.4 is 0 Å². The number of hydrogen-bond acceptors (Lipinski definition) is 0. The highest BCUT2D eigenvalue weighted by Gasteiger charge is 2.25. The van der Waals surface area contributed by atoms with Crippen molar-refractivity contribution < 1.29 is 0 Å². The van der Waals surface area contributed by atoms with Crippen molar-refractivity contribution >= 4 is 71.6 Å². The lowest BCUT2D eigenvalue weighted by molar-refractivity contribution is 1.16. The molecule has 0 aliphatic heterocycles. The molecule has 0 N–H and O–H groups in total. The summed E-state index contributed by atoms with van der Waals surface area (Å²) < 4.78 is 0. The van der Waals surface area contributed by atoms with Gasteiger partial charge >= 0.3 is 6.00 Å². The van der Waals surface area contributed by atoms with Crippen molar-refractivity contribution in [2.75, 3.05) is 0 Å². The summed E-state index contributed by atoms with van der Waals surface area (Å²) in [6.07, 6.45) is 0.791. The largest absolute Gasteiger partial charge is 0.341 e. The Balaban J connectivity index is 2.03. The van der Waals surface area contributed by atoms with Gasteiger partial charge in [0.25, 0.3) is 0 Å². The number of fused-ring (bicyclic) bond motifs is 3. The van der Waals surface area contributed by atoms with E-state index in [0.717, 1.165) is 6.42 Å². The standard InChI is InChI=1S/C20H15Cl3Si/c21-24(22,23)10-9-19-18-8-4-3-7-16(18)12-17-11-14-5-1-2-6-15(14)13-20(17)19/h1-8,11-13H,9-10H2. The van der Waals surface area contributed by atoms with Gasteiger partial charge in [0.2, 0.25) is 0 Å². The Kier molecular flexibility index (Phi) is 4.22. The first-order chi connectivity index (χ1) is 11.5. The summed E-state index contributed by atoms with van der Waals surface area (Å²) in [6.45, 7) is 0. The van der Waals surface area contributed by atoms with Crippen LogP contribution in [0.2, 0.25) is 6.04 Å². The molecule has 24 heavy (non-hydrogen) atoms. The fourth-order valence-corrected chi connectivity index (χ4v) is 4.77. The molecule has 0 saturated heterocycles.